The lowest BCUT2D eigenvalue weighted by Gasteiger charge is -2.20. The fraction of sp³-hybridized carbons (Fsp3) is 0.467. The molecule has 0 fully saturated rings. The van der Waals surface area contributed by atoms with Crippen molar-refractivity contribution in [3.05, 3.63) is 28.2 Å². The molecule has 8 heteroatoms. The van der Waals surface area contributed by atoms with Crippen molar-refractivity contribution >= 4 is 52.5 Å². The molecule has 0 aliphatic carbocycles. The Morgan fingerprint density at radius 2 is 2.00 bits per heavy atom. The van der Waals surface area contributed by atoms with Crippen LogP contribution in [0.5, 0.6) is 0 Å². The number of amides is 1. The van der Waals surface area contributed by atoms with Crippen molar-refractivity contribution in [1.82, 2.24) is 5.32 Å². The molecule has 128 valence electrons. The van der Waals surface area contributed by atoms with E-state index in [0.29, 0.717) is 22.2 Å². The van der Waals surface area contributed by atoms with E-state index in [1.54, 1.807) is 36.9 Å². The second kappa shape index (κ2) is 9.90. The molecular weight excluding hydrogens is 359 g/mol. The molecule has 0 bridgehead atoms. The average Bonchev–Trinajstić information content (AvgIpc) is 2.53. The fourth-order valence-corrected chi connectivity index (χ4v) is 2.59. The molecule has 1 amide bonds. The molecule has 0 radical (unpaired) electrons. The number of methoxy groups -OCH3 is 1. The number of ether oxygens (including phenoxy) is 1. The molecule has 0 heterocycles. The molecule has 0 aliphatic heterocycles. The summed E-state index contributed by atoms with van der Waals surface area (Å²) >= 11 is 13.4. The molecule has 1 rings (SSSR count). The SMILES string of the molecule is COC(=O)[C@H](CCSC)NC(=O)[C@H](C)Nc1ccc(Cl)c(Cl)c1. The van der Waals surface area contributed by atoms with Crippen molar-refractivity contribution in [2.45, 2.75) is 25.4 Å². The Morgan fingerprint density at radius 1 is 1.30 bits per heavy atom. The van der Waals surface area contributed by atoms with Gasteiger partial charge < -0.3 is 15.4 Å². The first-order chi connectivity index (χ1) is 10.9. The van der Waals surface area contributed by atoms with Gasteiger partial charge in [-0.15, -0.1) is 0 Å². The Balaban J connectivity index is 2.66. The van der Waals surface area contributed by atoms with Crippen LogP contribution in [0.15, 0.2) is 18.2 Å². The summed E-state index contributed by atoms with van der Waals surface area (Å²) in [5, 5.41) is 6.56. The Hall–Kier alpha value is -1.11. The molecule has 0 saturated carbocycles. The maximum Gasteiger partial charge on any atom is 0.328 e. The molecule has 23 heavy (non-hydrogen) atoms. The lowest BCUT2D eigenvalue weighted by atomic mass is 10.2. The largest absolute Gasteiger partial charge is 0.467 e. The summed E-state index contributed by atoms with van der Waals surface area (Å²) in [5.74, 6) is -0.00372. The monoisotopic (exact) mass is 378 g/mol. The van der Waals surface area contributed by atoms with Crippen molar-refractivity contribution in [2.75, 3.05) is 24.4 Å². The summed E-state index contributed by atoms with van der Waals surface area (Å²) < 4.78 is 4.72. The Kier molecular flexibility index (Phi) is 8.58. The molecule has 1 aromatic carbocycles. The van der Waals surface area contributed by atoms with Gasteiger partial charge in [-0.05, 0) is 43.6 Å². The van der Waals surface area contributed by atoms with E-state index in [1.807, 2.05) is 6.26 Å². The van der Waals surface area contributed by atoms with Crippen LogP contribution < -0.4 is 10.6 Å². The van der Waals surface area contributed by atoms with Crippen molar-refractivity contribution < 1.29 is 14.3 Å². The summed E-state index contributed by atoms with van der Waals surface area (Å²) in [7, 11) is 1.30. The van der Waals surface area contributed by atoms with Crippen LogP contribution in [0.3, 0.4) is 0 Å². The van der Waals surface area contributed by atoms with E-state index in [4.69, 9.17) is 27.9 Å². The molecule has 2 atom stereocenters. The first-order valence-electron chi connectivity index (χ1n) is 6.97. The second-order valence-electron chi connectivity index (χ2n) is 4.86. The van der Waals surface area contributed by atoms with Crippen LogP contribution in [0.4, 0.5) is 5.69 Å². The lowest BCUT2D eigenvalue weighted by Crippen LogP contribution is -2.47. The Labute approximate surface area is 150 Å². The van der Waals surface area contributed by atoms with Crippen LogP contribution in [-0.4, -0.2) is 43.1 Å². The molecule has 0 spiro atoms. The minimum atomic E-state index is -0.655. The topological polar surface area (TPSA) is 67.4 Å². The van der Waals surface area contributed by atoms with Gasteiger partial charge in [0, 0.05) is 5.69 Å². The number of hydrogen-bond donors (Lipinski definition) is 2. The number of carbonyl (C=O) groups excluding carboxylic acids is 2. The highest BCUT2D eigenvalue weighted by Gasteiger charge is 2.23. The molecule has 0 aliphatic rings. The maximum atomic E-state index is 12.2. The highest BCUT2D eigenvalue weighted by atomic mass is 35.5. The van der Waals surface area contributed by atoms with Gasteiger partial charge in [-0.3, -0.25) is 4.79 Å². The van der Waals surface area contributed by atoms with Gasteiger partial charge in [0.2, 0.25) is 5.91 Å². The molecular formula is C15H20Cl2N2O3S. The third-order valence-corrected chi connectivity index (χ3v) is 4.49. The van der Waals surface area contributed by atoms with Crippen LogP contribution in [0, 0.1) is 0 Å². The van der Waals surface area contributed by atoms with E-state index in [1.165, 1.54) is 7.11 Å². The van der Waals surface area contributed by atoms with E-state index in [9.17, 15) is 9.59 Å². The number of thioether (sulfide) groups is 1. The highest BCUT2D eigenvalue weighted by molar-refractivity contribution is 7.98. The lowest BCUT2D eigenvalue weighted by molar-refractivity contribution is -0.145. The Morgan fingerprint density at radius 3 is 2.57 bits per heavy atom. The minimum absolute atomic E-state index is 0.299. The Bertz CT molecular complexity index is 558. The zero-order chi connectivity index (χ0) is 17.4. The van der Waals surface area contributed by atoms with Crippen molar-refractivity contribution in [3.8, 4) is 0 Å². The summed E-state index contributed by atoms with van der Waals surface area (Å²) in [5.41, 5.74) is 0.667. The van der Waals surface area contributed by atoms with Crippen LogP contribution >= 0.6 is 35.0 Å². The summed E-state index contributed by atoms with van der Waals surface area (Å²) in [4.78, 5) is 24.0. The minimum Gasteiger partial charge on any atom is -0.467 e. The molecule has 2 N–H and O–H groups in total. The fourth-order valence-electron chi connectivity index (χ4n) is 1.83. The number of esters is 1. The van der Waals surface area contributed by atoms with E-state index in [-0.39, 0.29) is 5.91 Å². The number of rotatable bonds is 8. The maximum absolute atomic E-state index is 12.2. The van der Waals surface area contributed by atoms with E-state index < -0.39 is 18.1 Å². The van der Waals surface area contributed by atoms with Gasteiger partial charge in [0.15, 0.2) is 0 Å². The first kappa shape index (κ1) is 19.9. The van der Waals surface area contributed by atoms with Crippen molar-refractivity contribution in [1.29, 1.82) is 0 Å². The molecule has 0 saturated heterocycles. The normalized spacial score (nSPS) is 13.1. The number of anilines is 1. The summed E-state index contributed by atoms with van der Waals surface area (Å²) in [6, 6.07) is 3.81. The van der Waals surface area contributed by atoms with E-state index in [2.05, 4.69) is 10.6 Å². The molecule has 5 nitrogen and oxygen atoms in total. The number of halogens is 2. The summed E-state index contributed by atoms with van der Waals surface area (Å²) in [6.45, 7) is 1.70. The zero-order valence-electron chi connectivity index (χ0n) is 13.2. The number of benzene rings is 1. The standard InChI is InChI=1S/C15H20Cl2N2O3S/c1-9(18-10-4-5-11(16)12(17)8-10)14(20)19-13(6-7-23-3)15(21)22-2/h4-5,8-9,13,18H,6-7H2,1-3H3,(H,19,20)/t9-,13-/m0/s1. The van der Waals surface area contributed by atoms with Gasteiger partial charge in [0.25, 0.3) is 0 Å². The second-order valence-corrected chi connectivity index (χ2v) is 6.66. The predicted octanol–water partition coefficient (Wildman–Crippen LogP) is 3.20. The van der Waals surface area contributed by atoms with Gasteiger partial charge in [-0.2, -0.15) is 11.8 Å². The third-order valence-electron chi connectivity index (χ3n) is 3.11. The molecule has 0 aromatic heterocycles. The zero-order valence-corrected chi connectivity index (χ0v) is 15.5. The van der Waals surface area contributed by atoms with Gasteiger partial charge in [-0.25, -0.2) is 4.79 Å². The van der Waals surface area contributed by atoms with Gasteiger partial charge in [-0.1, -0.05) is 23.2 Å². The van der Waals surface area contributed by atoms with Gasteiger partial charge in [0.05, 0.1) is 17.2 Å². The quantitative estimate of drug-likeness (QED) is 0.679. The average molecular weight is 379 g/mol. The predicted molar refractivity (Wildman–Crippen MR) is 96.5 cm³/mol. The molecule has 0 unspecified atom stereocenters. The van der Waals surface area contributed by atoms with Gasteiger partial charge >= 0.3 is 5.97 Å². The number of nitrogens with one attached hydrogen (secondary N) is 2. The van der Waals surface area contributed by atoms with Gasteiger partial charge in [0.1, 0.15) is 12.1 Å². The third kappa shape index (κ3) is 6.49. The van der Waals surface area contributed by atoms with Crippen molar-refractivity contribution in [2.24, 2.45) is 0 Å². The van der Waals surface area contributed by atoms with Crippen LogP contribution in [0.2, 0.25) is 10.0 Å². The first-order valence-corrected chi connectivity index (χ1v) is 9.12. The summed E-state index contributed by atoms with van der Waals surface area (Å²) in [6.07, 6.45) is 2.45. The highest BCUT2D eigenvalue weighted by Crippen LogP contribution is 2.25. The van der Waals surface area contributed by atoms with E-state index in [0.717, 1.165) is 5.75 Å². The molecule has 1 aromatic rings. The number of carbonyl (C=O) groups is 2. The number of hydrogen-bond acceptors (Lipinski definition) is 5. The van der Waals surface area contributed by atoms with Crippen molar-refractivity contribution in [3.63, 3.8) is 0 Å². The van der Waals surface area contributed by atoms with Crippen LogP contribution in [0.1, 0.15) is 13.3 Å². The van der Waals surface area contributed by atoms with Crippen LogP contribution in [-0.2, 0) is 14.3 Å². The van der Waals surface area contributed by atoms with Crippen LogP contribution in [0.25, 0.3) is 0 Å². The smallest absolute Gasteiger partial charge is 0.328 e. The van der Waals surface area contributed by atoms with E-state index >= 15 is 0 Å².